The van der Waals surface area contributed by atoms with Gasteiger partial charge in [-0.2, -0.15) is 11.8 Å². The molecular weight excluding hydrogens is 1130 g/mol. The number of pyridine rings is 1. The van der Waals surface area contributed by atoms with Gasteiger partial charge in [-0.25, -0.2) is 9.97 Å². The smallest absolute Gasteiger partial charge is 0.303 e. The van der Waals surface area contributed by atoms with E-state index in [1.54, 1.807) is 42.3 Å². The summed E-state index contributed by atoms with van der Waals surface area (Å²) in [6, 6.07) is -5.80. The Bertz CT molecular complexity index is 2760. The van der Waals surface area contributed by atoms with Crippen molar-refractivity contribution in [2.75, 3.05) is 25.1 Å². The number of carbonyl (C=O) groups excluding carboxylic acids is 10. The summed E-state index contributed by atoms with van der Waals surface area (Å²) in [5, 5.41) is 33.6. The second-order valence-corrected chi connectivity index (χ2v) is 24.9. The number of fused-ring (bicyclic) bond motifs is 1. The first-order valence-electron chi connectivity index (χ1n) is 29.3. The number of hydrogen-bond acceptors (Lipinski definition) is 17. The molecule has 27 heteroatoms. The van der Waals surface area contributed by atoms with Crippen molar-refractivity contribution in [1.29, 1.82) is 0 Å². The fourth-order valence-corrected chi connectivity index (χ4v) is 11.5. The monoisotopic (exact) mass is 1220 g/mol. The van der Waals surface area contributed by atoms with E-state index in [0.29, 0.717) is 54.8 Å². The summed E-state index contributed by atoms with van der Waals surface area (Å²) in [6.07, 6.45) is 10.6. The first-order valence-corrected chi connectivity index (χ1v) is 31.6. The molecular formula is C58H83N13O12S2. The quantitative estimate of drug-likeness (QED) is 0.0974. The third-order valence-electron chi connectivity index (χ3n) is 15.1. The second kappa shape index (κ2) is 33.0. The fourth-order valence-electron chi connectivity index (χ4n) is 10.5. The number of hydrogen-bond donors (Lipinski definition) is 10. The molecule has 3 aromatic heterocycles. The minimum absolute atomic E-state index is 0.0115. The molecule has 0 aromatic carbocycles. The summed E-state index contributed by atoms with van der Waals surface area (Å²) >= 11 is 2.69. The van der Waals surface area contributed by atoms with Crippen molar-refractivity contribution in [3.63, 3.8) is 0 Å². The lowest BCUT2D eigenvalue weighted by atomic mass is 9.90. The number of thioether (sulfide) groups is 1. The Kier molecular flexibility index (Phi) is 26.0. The minimum atomic E-state index is -1.48. The largest absolute Gasteiger partial charge is 0.481 e. The van der Waals surface area contributed by atoms with E-state index in [1.165, 1.54) is 40.5 Å². The lowest BCUT2D eigenvalue weighted by Gasteiger charge is -2.33. The number of ketones is 2. The SMILES string of the molecule is CC[C@@H]1NC(=O)[C@H](Cc2cnc[nH]2)NC(=O)[C@H](Cc2cscn2)NC(=O)[C@H]2CCCN2C(=O)[C@@H](NC(C)(C)C)CCCCC(=O)[C@H](Cc2cccnc2)NC(=O)[C@H](CC2CC2)CC(=O)[C@H](CCSC)NC(=O)[C@H](CCC(=O)O)NC(=O)CNC1=O. The summed E-state index contributed by atoms with van der Waals surface area (Å²) in [4.78, 5) is 171. The van der Waals surface area contributed by atoms with E-state index in [-0.39, 0.29) is 81.9 Å². The summed E-state index contributed by atoms with van der Waals surface area (Å²) < 4.78 is 0. The number of nitrogens with one attached hydrogen (secondary N) is 9. The van der Waals surface area contributed by atoms with Crippen molar-refractivity contribution in [1.82, 2.24) is 67.4 Å². The summed E-state index contributed by atoms with van der Waals surface area (Å²) in [5.41, 5.74) is 2.61. The molecule has 3 aliphatic rings. The predicted octanol–water partition coefficient (Wildman–Crippen LogP) is 1.61. The molecule has 1 saturated carbocycles. The van der Waals surface area contributed by atoms with E-state index >= 15 is 0 Å². The number of H-pyrrole nitrogens is 1. The van der Waals surface area contributed by atoms with E-state index in [9.17, 15) is 57.8 Å². The summed E-state index contributed by atoms with van der Waals surface area (Å²) in [5.74, 6) is -7.90. The van der Waals surface area contributed by atoms with Crippen molar-refractivity contribution in [2.24, 2.45) is 11.8 Å². The number of nitrogens with zero attached hydrogens (tertiary/aromatic N) is 4. The molecule has 6 rings (SSSR count). The number of rotatable bonds is 16. The number of carbonyl (C=O) groups is 11. The van der Waals surface area contributed by atoms with E-state index in [2.05, 4.69) is 62.5 Å². The third kappa shape index (κ3) is 22.0. The molecule has 5 heterocycles. The van der Waals surface area contributed by atoms with Crippen LogP contribution < -0.4 is 42.5 Å². The Morgan fingerprint density at radius 1 is 0.753 bits per heavy atom. The standard InChI is InChI=1S/C58H83N13O12S2/c1-6-39-52(78)61-30-49(74)64-41(17-18-50(75)76)53(79)66-40(19-22-84-5)48(73)25-36(23-34-15-16-34)51(77)67-43(24-35-11-9-20-59-28-35)47(72)14-8-7-12-42(70-58(2,3)4)57(83)71-21-10-13-46(71)56(82)69-45(27-38-31-85-33-63-38)55(81)68-44(54(80)65-39)26-37-29-60-32-62-37/h9,11,20,28-29,31-34,36,39-46,70H,6-8,10,12-19,21-27,30H2,1-5H3,(H,60,62)(H,61,78)(H,64,74)(H,65,80)(H,66,79)(H,67,77)(H,68,81)(H,69,82)(H,75,76)/t36-,39+,40+,41+,42+,43+,44+,45+,46-/m1/s1. The number of Topliss-reactive ketones (excluding diaryl/α,β-unsaturated/α-hetero) is 2. The van der Waals surface area contributed by atoms with Gasteiger partial charge < -0.3 is 57.5 Å². The molecule has 2 saturated heterocycles. The zero-order valence-electron chi connectivity index (χ0n) is 49.1. The topological polar surface area (TPSA) is 362 Å². The Morgan fingerprint density at radius 3 is 2.11 bits per heavy atom. The highest BCUT2D eigenvalue weighted by molar-refractivity contribution is 7.98. The lowest BCUT2D eigenvalue weighted by molar-refractivity contribution is -0.141. The highest BCUT2D eigenvalue weighted by Crippen LogP contribution is 2.37. The van der Waals surface area contributed by atoms with Gasteiger partial charge in [-0.3, -0.25) is 57.7 Å². The van der Waals surface area contributed by atoms with Crippen LogP contribution in [0, 0.1) is 11.8 Å². The Labute approximate surface area is 503 Å². The van der Waals surface area contributed by atoms with Gasteiger partial charge in [-0.05, 0) is 102 Å². The van der Waals surface area contributed by atoms with E-state index in [4.69, 9.17) is 0 Å². The van der Waals surface area contributed by atoms with Gasteiger partial charge in [0, 0.05) is 86.2 Å². The number of amides is 8. The molecule has 25 nitrogen and oxygen atoms in total. The van der Waals surface area contributed by atoms with Crippen molar-refractivity contribution in [3.8, 4) is 0 Å². The number of carboxylic acid groups (broad SMARTS) is 1. The molecule has 464 valence electrons. The fraction of sp³-hybridized carbons (Fsp3) is 0.621. The Hall–Kier alpha value is -7.13. The van der Waals surface area contributed by atoms with Gasteiger partial charge in [-0.15, -0.1) is 11.3 Å². The minimum Gasteiger partial charge on any atom is -0.481 e. The summed E-state index contributed by atoms with van der Waals surface area (Å²) in [7, 11) is 0. The summed E-state index contributed by atoms with van der Waals surface area (Å²) in [6.45, 7) is 6.89. The highest BCUT2D eigenvalue weighted by atomic mass is 32.2. The van der Waals surface area contributed by atoms with Crippen LogP contribution in [0.25, 0.3) is 0 Å². The number of carboxylic acids is 1. The van der Waals surface area contributed by atoms with Crippen LogP contribution in [0.3, 0.4) is 0 Å². The molecule has 3 aromatic rings. The van der Waals surface area contributed by atoms with Crippen LogP contribution in [0.1, 0.15) is 135 Å². The molecule has 0 unspecified atom stereocenters. The molecule has 3 fully saturated rings. The van der Waals surface area contributed by atoms with Gasteiger partial charge in [0.05, 0.1) is 42.2 Å². The number of aromatic nitrogens is 4. The van der Waals surface area contributed by atoms with Crippen LogP contribution in [-0.2, 0) is 72.0 Å². The van der Waals surface area contributed by atoms with Crippen molar-refractivity contribution >= 4 is 87.9 Å². The Balaban J connectivity index is 1.32. The third-order valence-corrected chi connectivity index (χ3v) is 16.4. The maximum Gasteiger partial charge on any atom is 0.303 e. The second-order valence-electron chi connectivity index (χ2n) is 23.2. The average molecular weight is 1220 g/mol. The first-order chi connectivity index (χ1) is 40.6. The maximum absolute atomic E-state index is 14.7. The molecule has 0 radical (unpaired) electrons. The highest BCUT2D eigenvalue weighted by Gasteiger charge is 2.41. The molecule has 2 aliphatic heterocycles. The van der Waals surface area contributed by atoms with Gasteiger partial charge in [0.1, 0.15) is 30.2 Å². The molecule has 10 N–H and O–H groups in total. The van der Waals surface area contributed by atoms with Gasteiger partial charge in [0.15, 0.2) is 11.6 Å². The predicted molar refractivity (Wildman–Crippen MR) is 316 cm³/mol. The van der Waals surface area contributed by atoms with Crippen LogP contribution in [0.5, 0.6) is 0 Å². The first kappa shape index (κ1) is 67.0. The maximum atomic E-state index is 14.7. The van der Waals surface area contributed by atoms with Crippen molar-refractivity contribution in [3.05, 3.63) is 64.9 Å². The van der Waals surface area contributed by atoms with E-state index in [1.807, 2.05) is 27.0 Å². The van der Waals surface area contributed by atoms with Crippen LogP contribution in [0.4, 0.5) is 0 Å². The average Bonchev–Trinajstić information content (AvgIpc) is 3.90. The molecule has 8 amide bonds. The molecule has 0 spiro atoms. The zero-order chi connectivity index (χ0) is 61.6. The van der Waals surface area contributed by atoms with Crippen LogP contribution >= 0.6 is 23.1 Å². The van der Waals surface area contributed by atoms with Gasteiger partial charge in [0.2, 0.25) is 47.3 Å². The number of imidazole rings is 1. The Morgan fingerprint density at radius 2 is 1.46 bits per heavy atom. The van der Waals surface area contributed by atoms with Gasteiger partial charge in [0.25, 0.3) is 0 Å². The van der Waals surface area contributed by atoms with Crippen LogP contribution in [0.15, 0.2) is 47.9 Å². The van der Waals surface area contributed by atoms with Crippen LogP contribution in [-0.4, -0.2) is 174 Å². The van der Waals surface area contributed by atoms with E-state index in [0.717, 1.165) is 12.8 Å². The van der Waals surface area contributed by atoms with Crippen molar-refractivity contribution < 1.29 is 57.8 Å². The number of thiazole rings is 1. The van der Waals surface area contributed by atoms with Gasteiger partial charge >= 0.3 is 5.97 Å². The molecule has 0 bridgehead atoms. The normalized spacial score (nSPS) is 25.8. The van der Waals surface area contributed by atoms with Gasteiger partial charge in [-0.1, -0.05) is 32.3 Å². The van der Waals surface area contributed by atoms with Crippen LogP contribution in [0.2, 0.25) is 0 Å². The van der Waals surface area contributed by atoms with Crippen molar-refractivity contribution in [2.45, 2.75) is 191 Å². The molecule has 9 atom stereocenters. The number of aromatic amines is 1. The van der Waals surface area contributed by atoms with E-state index < -0.39 is 126 Å². The molecule has 85 heavy (non-hydrogen) atoms. The lowest BCUT2D eigenvalue weighted by Crippen LogP contribution is -2.60. The molecule has 1 aliphatic carbocycles. The number of aliphatic carboxylic acids is 1. The zero-order valence-corrected chi connectivity index (χ0v) is 50.7.